The SMILES string of the molecule is CC(C)(C)[S@+]([O-])N=Cc1ncc(N2C(=O)c3ccccc3C2=O)cc1Br. The van der Waals surface area contributed by atoms with Gasteiger partial charge in [0.25, 0.3) is 11.8 Å². The maximum atomic E-state index is 12.5. The van der Waals surface area contributed by atoms with Gasteiger partial charge in [-0.2, -0.15) is 0 Å². The number of imide groups is 1. The van der Waals surface area contributed by atoms with Gasteiger partial charge in [0.2, 0.25) is 0 Å². The van der Waals surface area contributed by atoms with Crippen molar-refractivity contribution in [2.45, 2.75) is 25.5 Å². The third-order valence-corrected chi connectivity index (χ3v) is 5.68. The Kier molecular flexibility index (Phi) is 5.01. The minimum Gasteiger partial charge on any atom is -0.591 e. The summed E-state index contributed by atoms with van der Waals surface area (Å²) in [4.78, 5) is 30.4. The summed E-state index contributed by atoms with van der Waals surface area (Å²) in [5, 5.41) is 0. The highest BCUT2D eigenvalue weighted by Crippen LogP contribution is 2.30. The normalized spacial score (nSPS) is 15.7. The van der Waals surface area contributed by atoms with E-state index in [2.05, 4.69) is 25.3 Å². The smallest absolute Gasteiger partial charge is 0.266 e. The molecule has 8 heteroatoms. The van der Waals surface area contributed by atoms with E-state index in [0.29, 0.717) is 27.0 Å². The number of nitrogens with zero attached hydrogens (tertiary/aromatic N) is 3. The second-order valence-electron chi connectivity index (χ2n) is 6.65. The molecule has 1 aliphatic rings. The third-order valence-electron chi connectivity index (χ3n) is 3.70. The Labute approximate surface area is 162 Å². The quantitative estimate of drug-likeness (QED) is 0.420. The maximum Gasteiger partial charge on any atom is 0.266 e. The van der Waals surface area contributed by atoms with Gasteiger partial charge in [-0.25, -0.2) is 4.90 Å². The van der Waals surface area contributed by atoms with Crippen LogP contribution in [0.5, 0.6) is 0 Å². The van der Waals surface area contributed by atoms with Gasteiger partial charge >= 0.3 is 0 Å². The Balaban J connectivity index is 1.89. The fraction of sp³-hybridized carbons (Fsp3) is 0.222. The number of pyridine rings is 1. The number of anilines is 1. The van der Waals surface area contributed by atoms with Gasteiger partial charge < -0.3 is 4.55 Å². The highest BCUT2D eigenvalue weighted by Gasteiger charge is 2.36. The molecule has 0 saturated carbocycles. The van der Waals surface area contributed by atoms with Crippen molar-refractivity contribution >= 4 is 51.0 Å². The number of fused-ring (bicyclic) bond motifs is 1. The van der Waals surface area contributed by atoms with Crippen molar-refractivity contribution in [1.29, 1.82) is 0 Å². The first kappa shape index (κ1) is 18.8. The molecule has 0 saturated heterocycles. The molecule has 2 aromatic rings. The molecule has 0 N–H and O–H groups in total. The number of carbonyl (C=O) groups excluding carboxylic acids is 2. The molecule has 1 aromatic heterocycles. The highest BCUT2D eigenvalue weighted by atomic mass is 79.9. The summed E-state index contributed by atoms with van der Waals surface area (Å²) in [7, 11) is 0. The van der Waals surface area contributed by atoms with Crippen molar-refractivity contribution in [3.63, 3.8) is 0 Å². The van der Waals surface area contributed by atoms with Gasteiger partial charge in [0.05, 0.1) is 23.0 Å². The first-order valence-corrected chi connectivity index (χ1v) is 9.69. The molecule has 0 spiro atoms. The van der Waals surface area contributed by atoms with Crippen LogP contribution in [0.25, 0.3) is 0 Å². The van der Waals surface area contributed by atoms with E-state index < -0.39 is 16.1 Å². The van der Waals surface area contributed by atoms with E-state index in [1.165, 1.54) is 12.4 Å². The monoisotopic (exact) mass is 433 g/mol. The number of hydrogen-bond acceptors (Lipinski definition) is 5. The lowest BCUT2D eigenvalue weighted by atomic mass is 10.1. The average Bonchev–Trinajstić information content (AvgIpc) is 2.84. The van der Waals surface area contributed by atoms with Gasteiger partial charge in [-0.05, 0) is 54.9 Å². The first-order chi connectivity index (χ1) is 12.2. The van der Waals surface area contributed by atoms with Crippen LogP contribution in [0.15, 0.2) is 45.4 Å². The molecular weight excluding hydrogens is 418 g/mol. The van der Waals surface area contributed by atoms with Crippen molar-refractivity contribution in [1.82, 2.24) is 4.98 Å². The van der Waals surface area contributed by atoms with Gasteiger partial charge in [0, 0.05) is 4.47 Å². The summed E-state index contributed by atoms with van der Waals surface area (Å²) in [6, 6.07) is 8.31. The second kappa shape index (κ2) is 6.94. The van der Waals surface area contributed by atoms with E-state index in [1.807, 2.05) is 20.8 Å². The minimum absolute atomic E-state index is 0.358. The van der Waals surface area contributed by atoms with Crippen molar-refractivity contribution in [3.05, 3.63) is 57.8 Å². The van der Waals surface area contributed by atoms with Gasteiger partial charge in [-0.15, -0.1) is 0 Å². The number of carbonyl (C=O) groups is 2. The van der Waals surface area contributed by atoms with Crippen molar-refractivity contribution in [3.8, 4) is 0 Å². The van der Waals surface area contributed by atoms with E-state index >= 15 is 0 Å². The van der Waals surface area contributed by atoms with Gasteiger partial charge in [-0.1, -0.05) is 16.5 Å². The van der Waals surface area contributed by atoms with E-state index in [9.17, 15) is 14.1 Å². The molecule has 0 unspecified atom stereocenters. The summed E-state index contributed by atoms with van der Waals surface area (Å²) in [5.74, 6) is -0.760. The van der Waals surface area contributed by atoms with Crippen molar-refractivity contribution in [2.24, 2.45) is 4.40 Å². The van der Waals surface area contributed by atoms with Crippen LogP contribution in [0.2, 0.25) is 0 Å². The molecule has 0 aliphatic carbocycles. The Bertz CT molecular complexity index is 889. The van der Waals surface area contributed by atoms with Crippen LogP contribution in [-0.4, -0.2) is 32.3 Å². The van der Waals surface area contributed by atoms with E-state index in [4.69, 9.17) is 0 Å². The number of benzene rings is 1. The average molecular weight is 434 g/mol. The molecule has 0 radical (unpaired) electrons. The van der Waals surface area contributed by atoms with Crippen LogP contribution in [0.3, 0.4) is 0 Å². The number of aromatic nitrogens is 1. The van der Waals surface area contributed by atoms with Crippen molar-refractivity contribution in [2.75, 3.05) is 4.90 Å². The fourth-order valence-electron chi connectivity index (χ4n) is 2.34. The van der Waals surface area contributed by atoms with Crippen LogP contribution in [0.1, 0.15) is 47.2 Å². The molecule has 6 nitrogen and oxygen atoms in total. The van der Waals surface area contributed by atoms with E-state index in [0.717, 1.165) is 4.90 Å². The van der Waals surface area contributed by atoms with E-state index in [-0.39, 0.29) is 11.8 Å². The Hall–Kier alpha value is -2.03. The van der Waals surface area contributed by atoms with Crippen LogP contribution in [0.4, 0.5) is 5.69 Å². The van der Waals surface area contributed by atoms with Gasteiger partial charge in [0.15, 0.2) is 0 Å². The summed E-state index contributed by atoms with van der Waals surface area (Å²) in [5.41, 5.74) is 1.57. The first-order valence-electron chi connectivity index (χ1n) is 7.79. The number of amides is 2. The summed E-state index contributed by atoms with van der Waals surface area (Å²) < 4.78 is 16.1. The molecule has 0 bridgehead atoms. The second-order valence-corrected chi connectivity index (χ2v) is 9.44. The van der Waals surface area contributed by atoms with E-state index in [1.54, 1.807) is 30.3 Å². The van der Waals surface area contributed by atoms with Crippen LogP contribution in [0, 0.1) is 0 Å². The largest absolute Gasteiger partial charge is 0.591 e. The van der Waals surface area contributed by atoms with Crippen LogP contribution in [-0.2, 0) is 11.4 Å². The summed E-state index contributed by atoms with van der Waals surface area (Å²) in [6.45, 7) is 5.48. The Morgan fingerprint density at radius 2 is 1.77 bits per heavy atom. The topological polar surface area (TPSA) is 85.7 Å². The Morgan fingerprint density at radius 3 is 2.27 bits per heavy atom. The predicted octanol–water partition coefficient (Wildman–Crippen LogP) is 3.53. The minimum atomic E-state index is -1.40. The lowest BCUT2D eigenvalue weighted by Gasteiger charge is -2.17. The number of rotatable bonds is 3. The fourth-order valence-corrected chi connectivity index (χ4v) is 3.29. The Morgan fingerprint density at radius 1 is 1.19 bits per heavy atom. The molecule has 1 atom stereocenters. The molecule has 26 heavy (non-hydrogen) atoms. The molecule has 0 fully saturated rings. The highest BCUT2D eigenvalue weighted by molar-refractivity contribution is 9.10. The summed E-state index contributed by atoms with van der Waals surface area (Å²) >= 11 is 1.97. The standard InChI is InChI=1S/C18H16BrN3O3S/c1-18(2,3)26(25)21-10-15-14(19)8-11(9-20-15)22-16(23)12-6-4-5-7-13(12)17(22)24/h4-10H,1-3H3/t26-/m0/s1. The third kappa shape index (κ3) is 3.44. The zero-order valence-corrected chi connectivity index (χ0v) is 16.8. The maximum absolute atomic E-state index is 12.5. The number of halogens is 1. The van der Waals surface area contributed by atoms with Crippen LogP contribution >= 0.6 is 15.9 Å². The zero-order valence-electron chi connectivity index (χ0n) is 14.4. The molecule has 2 amide bonds. The molecule has 2 heterocycles. The van der Waals surface area contributed by atoms with Gasteiger partial charge in [0.1, 0.15) is 28.0 Å². The van der Waals surface area contributed by atoms with Crippen molar-refractivity contribution < 1.29 is 14.1 Å². The lowest BCUT2D eigenvalue weighted by molar-refractivity contribution is 0.0926. The number of hydrogen-bond donors (Lipinski definition) is 0. The molecule has 3 rings (SSSR count). The van der Waals surface area contributed by atoms with Crippen LogP contribution < -0.4 is 4.90 Å². The molecule has 134 valence electrons. The molecule has 1 aromatic carbocycles. The molecular formula is C18H16BrN3O3S. The van der Waals surface area contributed by atoms with Gasteiger partial charge in [-0.3, -0.25) is 14.6 Å². The zero-order chi connectivity index (χ0) is 19.1. The summed E-state index contributed by atoms with van der Waals surface area (Å²) in [6.07, 6.45) is 2.84. The predicted molar refractivity (Wildman–Crippen MR) is 105 cm³/mol. The molecule has 1 aliphatic heterocycles. The lowest BCUT2D eigenvalue weighted by Crippen LogP contribution is -2.29.